The summed E-state index contributed by atoms with van der Waals surface area (Å²) in [6.45, 7) is 13.8. The molecule has 0 bridgehead atoms. The van der Waals surface area contributed by atoms with E-state index in [0.717, 1.165) is 26.3 Å². The van der Waals surface area contributed by atoms with Crippen LogP contribution in [0.4, 0.5) is 0 Å². The lowest BCUT2D eigenvalue weighted by Crippen LogP contribution is -2.32. The van der Waals surface area contributed by atoms with Gasteiger partial charge in [-0.2, -0.15) is 0 Å². The normalized spacial score (nSPS) is 11.8. The van der Waals surface area contributed by atoms with Crippen molar-refractivity contribution in [2.45, 2.75) is 91.1 Å². The molecule has 0 aliphatic rings. The molecule has 0 aliphatic carbocycles. The quantitative estimate of drug-likeness (QED) is 0.346. The molecule has 0 amide bonds. The number of ether oxygens (including phenoxy) is 2. The van der Waals surface area contributed by atoms with Crippen molar-refractivity contribution in [1.29, 1.82) is 0 Å². The van der Waals surface area contributed by atoms with Crippen LogP contribution in [0.3, 0.4) is 0 Å². The summed E-state index contributed by atoms with van der Waals surface area (Å²) in [6.07, 6.45) is 10.1. The Morgan fingerprint density at radius 2 is 0.875 bits per heavy atom. The van der Waals surface area contributed by atoms with Crippen molar-refractivity contribution < 1.29 is 9.47 Å². The van der Waals surface area contributed by atoms with Gasteiger partial charge in [-0.25, -0.2) is 0 Å². The highest BCUT2D eigenvalue weighted by Crippen LogP contribution is 2.04. The lowest BCUT2D eigenvalue weighted by molar-refractivity contribution is 0.0483. The third kappa shape index (κ3) is 15.4. The van der Waals surface area contributed by atoms with Crippen molar-refractivity contribution in [1.82, 2.24) is 10.6 Å². The van der Waals surface area contributed by atoms with Crippen LogP contribution in [0.2, 0.25) is 0 Å². The fourth-order valence-corrected chi connectivity index (χ4v) is 3.08. The Morgan fingerprint density at radius 1 is 0.542 bits per heavy atom. The Balaban J connectivity index is 3.38. The van der Waals surface area contributed by atoms with E-state index in [4.69, 9.17) is 9.47 Å². The fourth-order valence-electron chi connectivity index (χ4n) is 3.08. The number of hydrogen-bond acceptors (Lipinski definition) is 4. The van der Waals surface area contributed by atoms with Gasteiger partial charge in [-0.3, -0.25) is 0 Å². The van der Waals surface area contributed by atoms with Crippen molar-refractivity contribution in [3.05, 3.63) is 0 Å². The first-order chi connectivity index (χ1) is 11.8. The first kappa shape index (κ1) is 23.8. The first-order valence-corrected chi connectivity index (χ1v) is 10.4. The minimum Gasteiger partial charge on any atom is -0.378 e. The monoisotopic (exact) mass is 344 g/mol. The molecule has 0 aromatic rings. The number of rotatable bonds is 19. The van der Waals surface area contributed by atoms with Crippen LogP contribution in [-0.4, -0.2) is 51.6 Å². The van der Waals surface area contributed by atoms with Gasteiger partial charge in [0.2, 0.25) is 0 Å². The third-order valence-corrected chi connectivity index (χ3v) is 4.28. The van der Waals surface area contributed by atoms with E-state index >= 15 is 0 Å². The largest absolute Gasteiger partial charge is 0.378 e. The van der Waals surface area contributed by atoms with E-state index < -0.39 is 0 Å². The molecule has 0 aromatic carbocycles. The van der Waals surface area contributed by atoms with Gasteiger partial charge >= 0.3 is 0 Å². The minimum absolute atomic E-state index is 0.658. The molecule has 0 saturated carbocycles. The molecule has 0 unspecified atom stereocenters. The molecule has 4 heteroatoms. The van der Waals surface area contributed by atoms with E-state index in [1.165, 1.54) is 51.4 Å². The zero-order valence-electron chi connectivity index (χ0n) is 16.9. The molecule has 0 saturated heterocycles. The molecule has 0 fully saturated rings. The Kier molecular flexibility index (Phi) is 19.0. The Morgan fingerprint density at radius 3 is 1.17 bits per heavy atom. The van der Waals surface area contributed by atoms with E-state index in [-0.39, 0.29) is 0 Å². The van der Waals surface area contributed by atoms with Crippen LogP contribution in [-0.2, 0) is 9.47 Å². The molecule has 0 atom stereocenters. The maximum atomic E-state index is 5.64. The fraction of sp³-hybridized carbons (Fsp3) is 1.00. The molecule has 0 heterocycles. The molecule has 146 valence electrons. The van der Waals surface area contributed by atoms with Crippen molar-refractivity contribution in [2.24, 2.45) is 0 Å². The summed E-state index contributed by atoms with van der Waals surface area (Å²) >= 11 is 0. The van der Waals surface area contributed by atoms with E-state index in [1.54, 1.807) is 0 Å². The summed E-state index contributed by atoms with van der Waals surface area (Å²) in [5, 5.41) is 7.19. The lowest BCUT2D eigenvalue weighted by Gasteiger charge is -2.17. The van der Waals surface area contributed by atoms with Gasteiger partial charge in [0.15, 0.2) is 0 Å². The van der Waals surface area contributed by atoms with Gasteiger partial charge < -0.3 is 20.1 Å². The van der Waals surface area contributed by atoms with Crippen molar-refractivity contribution in [3.8, 4) is 0 Å². The molecule has 24 heavy (non-hydrogen) atoms. The topological polar surface area (TPSA) is 42.5 Å². The Hall–Kier alpha value is -0.160. The summed E-state index contributed by atoms with van der Waals surface area (Å²) in [7, 11) is 0. The van der Waals surface area contributed by atoms with Crippen molar-refractivity contribution in [3.63, 3.8) is 0 Å². The summed E-state index contributed by atoms with van der Waals surface area (Å²) in [4.78, 5) is 0. The summed E-state index contributed by atoms with van der Waals surface area (Å²) in [6, 6.07) is 1.32. The van der Waals surface area contributed by atoms with E-state index in [1.807, 2.05) is 0 Å². The second-order valence-electron chi connectivity index (χ2n) is 6.68. The van der Waals surface area contributed by atoms with Crippen LogP contribution in [0.25, 0.3) is 0 Å². The van der Waals surface area contributed by atoms with Crippen LogP contribution < -0.4 is 10.6 Å². The molecule has 0 aromatic heterocycles. The molecule has 0 radical (unpaired) electrons. The molecular weight excluding hydrogens is 300 g/mol. The summed E-state index contributed by atoms with van der Waals surface area (Å²) in [5.74, 6) is 0. The molecule has 0 spiro atoms. The van der Waals surface area contributed by atoms with Crippen LogP contribution in [0.5, 0.6) is 0 Å². The van der Waals surface area contributed by atoms with Gasteiger partial charge in [-0.15, -0.1) is 0 Å². The second kappa shape index (κ2) is 19.2. The predicted molar refractivity (Wildman–Crippen MR) is 105 cm³/mol. The smallest absolute Gasteiger partial charge is 0.0701 e. The van der Waals surface area contributed by atoms with E-state index in [0.29, 0.717) is 25.3 Å². The van der Waals surface area contributed by atoms with Gasteiger partial charge in [0.1, 0.15) is 0 Å². The molecule has 4 nitrogen and oxygen atoms in total. The van der Waals surface area contributed by atoms with Crippen molar-refractivity contribution in [2.75, 3.05) is 39.5 Å². The Labute approximate surface area is 151 Å². The highest BCUT2D eigenvalue weighted by Gasteiger charge is 2.05. The zero-order chi connectivity index (χ0) is 17.9. The molecule has 2 N–H and O–H groups in total. The average Bonchev–Trinajstić information content (AvgIpc) is 2.57. The molecular formula is C20H44N2O2. The van der Waals surface area contributed by atoms with Gasteiger partial charge in [0.25, 0.3) is 0 Å². The number of nitrogens with one attached hydrogen (secondary N) is 2. The summed E-state index contributed by atoms with van der Waals surface area (Å²) < 4.78 is 11.3. The minimum atomic E-state index is 0.658. The zero-order valence-corrected chi connectivity index (χ0v) is 16.9. The van der Waals surface area contributed by atoms with Crippen LogP contribution >= 0.6 is 0 Å². The standard InChI is InChI=1S/C20H44N2O2/c1-5-9-19(10-6-2)21-13-15-23-17-18-24-16-14-22-20(11-7-3)12-8-4/h19-22H,5-18H2,1-4H3. The van der Waals surface area contributed by atoms with Gasteiger partial charge in [-0.1, -0.05) is 53.4 Å². The average molecular weight is 345 g/mol. The highest BCUT2D eigenvalue weighted by atomic mass is 16.5. The SMILES string of the molecule is CCCC(CCC)NCCOCCOCCNC(CCC)CCC. The van der Waals surface area contributed by atoms with Crippen molar-refractivity contribution >= 4 is 0 Å². The third-order valence-electron chi connectivity index (χ3n) is 4.28. The maximum absolute atomic E-state index is 5.64. The first-order valence-electron chi connectivity index (χ1n) is 10.4. The highest BCUT2D eigenvalue weighted by molar-refractivity contribution is 4.66. The second-order valence-corrected chi connectivity index (χ2v) is 6.68. The van der Waals surface area contributed by atoms with Crippen LogP contribution in [0, 0.1) is 0 Å². The lowest BCUT2D eigenvalue weighted by atomic mass is 10.1. The van der Waals surface area contributed by atoms with E-state index in [9.17, 15) is 0 Å². The summed E-state index contributed by atoms with van der Waals surface area (Å²) in [5.41, 5.74) is 0. The Bertz CT molecular complexity index is 204. The van der Waals surface area contributed by atoms with Crippen LogP contribution in [0.1, 0.15) is 79.1 Å². The number of hydrogen-bond donors (Lipinski definition) is 2. The van der Waals surface area contributed by atoms with E-state index in [2.05, 4.69) is 38.3 Å². The van der Waals surface area contributed by atoms with Gasteiger partial charge in [0, 0.05) is 25.2 Å². The van der Waals surface area contributed by atoms with Gasteiger partial charge in [-0.05, 0) is 25.7 Å². The van der Waals surface area contributed by atoms with Gasteiger partial charge in [0.05, 0.1) is 26.4 Å². The van der Waals surface area contributed by atoms with Crippen LogP contribution in [0.15, 0.2) is 0 Å². The molecule has 0 rings (SSSR count). The molecule has 0 aliphatic heterocycles. The predicted octanol–water partition coefficient (Wildman–Crippen LogP) is 4.14. The maximum Gasteiger partial charge on any atom is 0.0701 e.